The molecule has 0 atom stereocenters. The van der Waals surface area contributed by atoms with E-state index >= 15 is 0 Å². The van der Waals surface area contributed by atoms with Crippen molar-refractivity contribution in [2.45, 2.75) is 24.0 Å². The zero-order valence-electron chi connectivity index (χ0n) is 25.9. The average molecular weight is 645 g/mol. The molecule has 0 aliphatic carbocycles. The maximum absolute atomic E-state index is 13.6. The number of nitrogens with one attached hydrogen (secondary N) is 2. The van der Waals surface area contributed by atoms with Crippen LogP contribution in [0.15, 0.2) is 72.5 Å². The van der Waals surface area contributed by atoms with E-state index in [0.29, 0.717) is 40.0 Å². The second kappa shape index (κ2) is 14.3. The lowest BCUT2D eigenvalue weighted by molar-refractivity contribution is -0.111. The first-order valence-corrected chi connectivity index (χ1v) is 16.4. The molecule has 2 saturated heterocycles. The summed E-state index contributed by atoms with van der Waals surface area (Å²) in [5.74, 6) is 1.11. The molecule has 2 aliphatic rings. The number of halogens is 1. The molecule has 6 rings (SSSR count). The van der Waals surface area contributed by atoms with E-state index in [-0.39, 0.29) is 11.7 Å². The molecule has 2 aromatic heterocycles. The van der Waals surface area contributed by atoms with E-state index in [9.17, 15) is 9.18 Å². The molecule has 4 heterocycles. The molecule has 46 heavy (non-hydrogen) atoms. The topological polar surface area (TPSA) is 110 Å². The Bertz CT molecular complexity index is 1680. The fourth-order valence-corrected chi connectivity index (χ4v) is 6.48. The van der Waals surface area contributed by atoms with Gasteiger partial charge in [-0.25, -0.2) is 9.37 Å². The smallest absolute Gasteiger partial charge is 0.247 e. The van der Waals surface area contributed by atoms with Gasteiger partial charge in [0.05, 0.1) is 43.1 Å². The Labute approximate surface area is 271 Å². The number of hydrogen-bond acceptors (Lipinski definition) is 10. The highest BCUT2D eigenvalue weighted by molar-refractivity contribution is 7.98. The van der Waals surface area contributed by atoms with Gasteiger partial charge in [-0.2, -0.15) is 0 Å². The van der Waals surface area contributed by atoms with Crippen LogP contribution >= 0.6 is 11.8 Å². The quantitative estimate of drug-likeness (QED) is 0.173. The number of methoxy groups -OCH3 is 1. The number of hydrogen-bond donors (Lipinski definition) is 2. The molecule has 0 bridgehead atoms. The van der Waals surface area contributed by atoms with Gasteiger partial charge in [-0.1, -0.05) is 18.3 Å². The fraction of sp³-hybridized carbons (Fsp3) is 0.333. The third kappa shape index (κ3) is 6.86. The van der Waals surface area contributed by atoms with Crippen molar-refractivity contribution in [1.82, 2.24) is 24.6 Å². The summed E-state index contributed by atoms with van der Waals surface area (Å²) in [4.78, 5) is 21.9. The molecule has 0 radical (unpaired) electrons. The van der Waals surface area contributed by atoms with E-state index < -0.39 is 0 Å². The van der Waals surface area contributed by atoms with Gasteiger partial charge in [0.1, 0.15) is 17.4 Å². The number of morpholine rings is 1. The molecular weight excluding hydrogens is 607 g/mol. The SMILES string of the molecule is C=CC(=O)Nc1cc(Nc2cc(-n3c(SC)nnc3-c3ccc(F)cc3)ccn2)c(OC)cc1N1CCC(N2CCOCC2)CC1. The third-order valence-corrected chi connectivity index (χ3v) is 8.94. The van der Waals surface area contributed by atoms with Crippen molar-refractivity contribution in [2.24, 2.45) is 0 Å². The van der Waals surface area contributed by atoms with E-state index in [2.05, 4.69) is 42.2 Å². The Kier molecular flexibility index (Phi) is 9.81. The molecule has 13 heteroatoms. The molecule has 1 amide bonds. The predicted octanol–water partition coefficient (Wildman–Crippen LogP) is 5.37. The Hall–Kier alpha value is -4.46. The van der Waals surface area contributed by atoms with Crippen LogP contribution in [0.2, 0.25) is 0 Å². The first-order chi connectivity index (χ1) is 22.5. The van der Waals surface area contributed by atoms with E-state index in [1.165, 1.54) is 30.0 Å². The number of anilines is 4. The monoisotopic (exact) mass is 644 g/mol. The van der Waals surface area contributed by atoms with Crippen LogP contribution in [0, 0.1) is 5.82 Å². The summed E-state index contributed by atoms with van der Waals surface area (Å²) in [5, 5.41) is 15.8. The first kappa shape index (κ1) is 31.5. The van der Waals surface area contributed by atoms with E-state index in [1.807, 2.05) is 35.1 Å². The zero-order valence-corrected chi connectivity index (χ0v) is 26.7. The van der Waals surface area contributed by atoms with E-state index in [0.717, 1.165) is 69.2 Å². The summed E-state index contributed by atoms with van der Waals surface area (Å²) in [5.41, 5.74) is 3.67. The normalized spacial score (nSPS) is 15.8. The number of thioether (sulfide) groups is 1. The highest BCUT2D eigenvalue weighted by Gasteiger charge is 2.28. The number of nitrogens with zero attached hydrogens (tertiary/aromatic N) is 6. The Morgan fingerprint density at radius 1 is 1.07 bits per heavy atom. The fourth-order valence-electron chi connectivity index (χ4n) is 5.98. The van der Waals surface area contributed by atoms with Crippen molar-refractivity contribution in [2.75, 3.05) is 68.3 Å². The standard InChI is InChI=1S/C33H37FN8O3S/c1-4-31(43)37-26-20-27(29(44-2)21-28(26)41-13-10-24(11-14-41)40-15-17-45-18-16-40)36-30-19-25(9-12-35-30)42-32(38-39-33(42)46-3)22-5-7-23(34)8-6-22/h4-9,12,19-21,24H,1,10-11,13-18H2,2-3H3,(H,35,36)(H,37,43). The minimum absolute atomic E-state index is 0.300. The molecule has 0 spiro atoms. The Morgan fingerprint density at radius 3 is 2.52 bits per heavy atom. The lowest BCUT2D eigenvalue weighted by Gasteiger charge is -2.41. The van der Waals surface area contributed by atoms with Gasteiger partial charge in [-0.05, 0) is 61.6 Å². The minimum Gasteiger partial charge on any atom is -0.494 e. The molecule has 4 aromatic rings. The zero-order chi connectivity index (χ0) is 32.0. The van der Waals surface area contributed by atoms with Crippen LogP contribution in [0.3, 0.4) is 0 Å². The molecule has 0 saturated carbocycles. The van der Waals surface area contributed by atoms with Gasteiger partial charge < -0.3 is 25.0 Å². The first-order valence-electron chi connectivity index (χ1n) is 15.2. The van der Waals surface area contributed by atoms with Crippen LogP contribution in [0.5, 0.6) is 5.75 Å². The van der Waals surface area contributed by atoms with Crippen molar-refractivity contribution in [1.29, 1.82) is 0 Å². The van der Waals surface area contributed by atoms with Crippen LogP contribution in [0.25, 0.3) is 17.1 Å². The second-order valence-corrected chi connectivity index (χ2v) is 11.8. The van der Waals surface area contributed by atoms with Crippen molar-refractivity contribution < 1.29 is 18.7 Å². The number of ether oxygens (including phenoxy) is 2. The summed E-state index contributed by atoms with van der Waals surface area (Å²) in [6, 6.07) is 14.2. The summed E-state index contributed by atoms with van der Waals surface area (Å²) >= 11 is 1.45. The van der Waals surface area contributed by atoms with Gasteiger partial charge in [0.2, 0.25) is 5.91 Å². The van der Waals surface area contributed by atoms with Crippen molar-refractivity contribution >= 4 is 40.5 Å². The van der Waals surface area contributed by atoms with Crippen LogP contribution in [-0.2, 0) is 9.53 Å². The van der Waals surface area contributed by atoms with Crippen LogP contribution in [-0.4, -0.2) is 89.4 Å². The molecule has 0 unspecified atom stereocenters. The second-order valence-electron chi connectivity index (χ2n) is 11.0. The van der Waals surface area contributed by atoms with Gasteiger partial charge in [-0.15, -0.1) is 10.2 Å². The lowest BCUT2D eigenvalue weighted by atomic mass is 10.0. The van der Waals surface area contributed by atoms with E-state index in [4.69, 9.17) is 9.47 Å². The summed E-state index contributed by atoms with van der Waals surface area (Å²) in [6.45, 7) is 8.86. The van der Waals surface area contributed by atoms with Crippen LogP contribution < -0.4 is 20.3 Å². The van der Waals surface area contributed by atoms with Crippen LogP contribution in [0.1, 0.15) is 12.8 Å². The number of carbonyl (C=O) groups excluding carboxylic acids is 1. The Morgan fingerprint density at radius 2 is 1.83 bits per heavy atom. The maximum atomic E-state index is 13.6. The highest BCUT2D eigenvalue weighted by atomic mass is 32.2. The van der Waals surface area contributed by atoms with Gasteiger partial charge >= 0.3 is 0 Å². The number of rotatable bonds is 10. The van der Waals surface area contributed by atoms with Crippen LogP contribution in [0.4, 0.5) is 27.3 Å². The summed E-state index contributed by atoms with van der Waals surface area (Å²) in [6.07, 6.45) is 6.92. The number of aromatic nitrogens is 4. The maximum Gasteiger partial charge on any atom is 0.247 e. The molecular formula is C33H37FN8O3S. The Balaban J connectivity index is 1.29. The van der Waals surface area contributed by atoms with Gasteiger partial charge in [0, 0.05) is 56.1 Å². The average Bonchev–Trinajstić information content (AvgIpc) is 3.54. The van der Waals surface area contributed by atoms with Crippen molar-refractivity contribution in [3.63, 3.8) is 0 Å². The molecule has 240 valence electrons. The molecule has 11 nitrogen and oxygen atoms in total. The number of benzene rings is 2. The number of piperidine rings is 1. The van der Waals surface area contributed by atoms with Gasteiger partial charge in [-0.3, -0.25) is 14.3 Å². The van der Waals surface area contributed by atoms with E-state index in [1.54, 1.807) is 25.4 Å². The van der Waals surface area contributed by atoms with Crippen molar-refractivity contribution in [3.05, 3.63) is 73.2 Å². The molecule has 2 aromatic carbocycles. The summed E-state index contributed by atoms with van der Waals surface area (Å²) in [7, 11) is 1.62. The largest absolute Gasteiger partial charge is 0.494 e. The highest BCUT2D eigenvalue weighted by Crippen LogP contribution is 2.40. The third-order valence-electron chi connectivity index (χ3n) is 8.31. The number of amides is 1. The minimum atomic E-state index is -0.323. The summed E-state index contributed by atoms with van der Waals surface area (Å²) < 4.78 is 26.9. The van der Waals surface area contributed by atoms with Gasteiger partial charge in [0.15, 0.2) is 11.0 Å². The molecule has 2 aliphatic heterocycles. The van der Waals surface area contributed by atoms with Gasteiger partial charge in [0.25, 0.3) is 0 Å². The number of pyridine rings is 1. The molecule has 2 N–H and O–H groups in total. The lowest BCUT2D eigenvalue weighted by Crippen LogP contribution is -2.49. The number of carbonyl (C=O) groups is 1. The predicted molar refractivity (Wildman–Crippen MR) is 179 cm³/mol. The van der Waals surface area contributed by atoms with Crippen molar-refractivity contribution in [3.8, 4) is 22.8 Å². The molecule has 2 fully saturated rings.